The highest BCUT2D eigenvalue weighted by Gasteiger charge is 2.18. The van der Waals surface area contributed by atoms with E-state index in [1.807, 2.05) is 19.9 Å². The number of aromatic nitrogens is 4. The number of H-pyrrole nitrogens is 1. The summed E-state index contributed by atoms with van der Waals surface area (Å²) in [6.07, 6.45) is 0. The van der Waals surface area contributed by atoms with Crippen molar-refractivity contribution < 1.29 is 4.79 Å². The molecular formula is C22H23N5O2S2. The highest BCUT2D eigenvalue weighted by molar-refractivity contribution is 8.00. The van der Waals surface area contributed by atoms with Crippen LogP contribution in [0.4, 0.5) is 0 Å². The third-order valence-electron chi connectivity index (χ3n) is 5.18. The molecule has 0 aliphatic carbocycles. The largest absolute Gasteiger partial charge is 0.335 e. The van der Waals surface area contributed by atoms with Crippen molar-refractivity contribution in [2.45, 2.75) is 39.3 Å². The fourth-order valence-corrected chi connectivity index (χ4v) is 5.58. The lowest BCUT2D eigenvalue weighted by atomic mass is 10.2. The molecule has 1 amide bonds. The minimum Gasteiger partial charge on any atom is -0.335 e. The van der Waals surface area contributed by atoms with E-state index in [0.29, 0.717) is 29.1 Å². The van der Waals surface area contributed by atoms with Crippen LogP contribution in [-0.2, 0) is 11.3 Å². The molecule has 0 saturated heterocycles. The van der Waals surface area contributed by atoms with Gasteiger partial charge < -0.3 is 9.88 Å². The van der Waals surface area contributed by atoms with Crippen molar-refractivity contribution in [2.75, 3.05) is 12.3 Å². The van der Waals surface area contributed by atoms with Crippen LogP contribution in [0.25, 0.3) is 21.1 Å². The zero-order valence-electron chi connectivity index (χ0n) is 17.9. The summed E-state index contributed by atoms with van der Waals surface area (Å²) in [5.41, 5.74) is 1.60. The molecule has 0 radical (unpaired) electrons. The number of carbonyl (C=O) groups is 1. The van der Waals surface area contributed by atoms with Gasteiger partial charge in [0.25, 0.3) is 5.56 Å². The van der Waals surface area contributed by atoms with Crippen LogP contribution in [0.3, 0.4) is 0 Å². The first kappa shape index (κ1) is 21.5. The van der Waals surface area contributed by atoms with Crippen LogP contribution in [-0.4, -0.2) is 43.0 Å². The lowest BCUT2D eigenvalue weighted by Gasteiger charge is -2.20. The Morgan fingerprint density at radius 3 is 2.71 bits per heavy atom. The second-order valence-corrected chi connectivity index (χ2v) is 9.43. The molecule has 0 atom stereocenters. The molecule has 1 aromatic carbocycles. The number of para-hydroxylation sites is 1. The molecule has 31 heavy (non-hydrogen) atoms. The molecule has 0 fully saturated rings. The number of fused-ring (bicyclic) bond motifs is 2. The van der Waals surface area contributed by atoms with Crippen LogP contribution in [0.2, 0.25) is 0 Å². The summed E-state index contributed by atoms with van der Waals surface area (Å²) >= 11 is 3.09. The molecule has 4 rings (SSSR count). The molecule has 3 heterocycles. The predicted molar refractivity (Wildman–Crippen MR) is 126 cm³/mol. The van der Waals surface area contributed by atoms with E-state index in [-0.39, 0.29) is 23.8 Å². The summed E-state index contributed by atoms with van der Waals surface area (Å²) in [4.78, 5) is 45.6. The maximum atomic E-state index is 13.0. The molecule has 0 spiro atoms. The van der Waals surface area contributed by atoms with Gasteiger partial charge in [-0.05, 0) is 45.4 Å². The molecule has 4 aromatic rings. The zero-order chi connectivity index (χ0) is 22.1. The Balaban J connectivity index is 1.53. The fourth-order valence-electron chi connectivity index (χ4n) is 3.41. The molecular weight excluding hydrogens is 430 g/mol. The molecule has 0 saturated carbocycles. The second-order valence-electron chi connectivity index (χ2n) is 7.27. The van der Waals surface area contributed by atoms with Gasteiger partial charge in [0.15, 0.2) is 0 Å². The first-order valence-electron chi connectivity index (χ1n) is 10.00. The van der Waals surface area contributed by atoms with Crippen molar-refractivity contribution in [1.29, 1.82) is 0 Å². The first-order valence-corrected chi connectivity index (χ1v) is 11.8. The van der Waals surface area contributed by atoms with Crippen molar-refractivity contribution in [2.24, 2.45) is 0 Å². The van der Waals surface area contributed by atoms with Gasteiger partial charge in [-0.1, -0.05) is 23.9 Å². The van der Waals surface area contributed by atoms with Gasteiger partial charge in [-0.3, -0.25) is 9.59 Å². The number of aromatic amines is 1. The summed E-state index contributed by atoms with van der Waals surface area (Å²) in [5.74, 6) is 1.41. The Morgan fingerprint density at radius 1 is 1.16 bits per heavy atom. The summed E-state index contributed by atoms with van der Waals surface area (Å²) in [6, 6.07) is 7.19. The average Bonchev–Trinajstić information content (AvgIpc) is 3.03. The number of thioether (sulfide) groups is 1. The fraction of sp³-hybridized carbons (Fsp3) is 0.318. The Labute approximate surface area is 187 Å². The molecule has 0 aliphatic rings. The quantitative estimate of drug-likeness (QED) is 0.351. The van der Waals surface area contributed by atoms with Crippen molar-refractivity contribution in [3.8, 4) is 0 Å². The zero-order valence-corrected chi connectivity index (χ0v) is 19.5. The summed E-state index contributed by atoms with van der Waals surface area (Å²) in [5, 5.41) is 2.42. The maximum absolute atomic E-state index is 13.0. The van der Waals surface area contributed by atoms with E-state index in [0.717, 1.165) is 15.2 Å². The summed E-state index contributed by atoms with van der Waals surface area (Å²) in [7, 11) is 0. The van der Waals surface area contributed by atoms with Crippen LogP contribution >= 0.6 is 23.1 Å². The summed E-state index contributed by atoms with van der Waals surface area (Å²) < 4.78 is 0. The van der Waals surface area contributed by atoms with E-state index in [9.17, 15) is 9.59 Å². The number of hydrogen-bond donors (Lipinski definition) is 1. The number of hydrogen-bond acceptors (Lipinski definition) is 7. The number of amides is 1. The molecule has 7 nitrogen and oxygen atoms in total. The van der Waals surface area contributed by atoms with Crippen LogP contribution in [0.15, 0.2) is 34.1 Å². The van der Waals surface area contributed by atoms with E-state index in [1.54, 1.807) is 34.4 Å². The lowest BCUT2D eigenvalue weighted by Crippen LogP contribution is -2.33. The van der Waals surface area contributed by atoms with Gasteiger partial charge in [-0.15, -0.1) is 11.3 Å². The van der Waals surface area contributed by atoms with Crippen LogP contribution in [0.5, 0.6) is 0 Å². The predicted octanol–water partition coefficient (Wildman–Crippen LogP) is 3.99. The molecule has 160 valence electrons. The minimum atomic E-state index is -0.194. The Kier molecular flexibility index (Phi) is 6.06. The van der Waals surface area contributed by atoms with Crippen molar-refractivity contribution in [1.82, 2.24) is 24.8 Å². The Bertz CT molecular complexity index is 1350. The van der Waals surface area contributed by atoms with E-state index in [4.69, 9.17) is 0 Å². The van der Waals surface area contributed by atoms with Crippen molar-refractivity contribution >= 4 is 50.1 Å². The van der Waals surface area contributed by atoms with E-state index in [1.165, 1.54) is 22.2 Å². The molecule has 0 aliphatic heterocycles. The molecule has 3 aromatic heterocycles. The van der Waals surface area contributed by atoms with Gasteiger partial charge in [0.05, 0.1) is 23.2 Å². The minimum absolute atomic E-state index is 0.0303. The van der Waals surface area contributed by atoms with Crippen molar-refractivity contribution in [3.05, 3.63) is 56.7 Å². The van der Waals surface area contributed by atoms with Crippen LogP contribution in [0, 0.1) is 20.8 Å². The molecule has 9 heteroatoms. The van der Waals surface area contributed by atoms with Crippen LogP contribution in [0.1, 0.15) is 29.0 Å². The molecule has 0 unspecified atom stereocenters. The number of benzene rings is 1. The third kappa shape index (κ3) is 4.33. The monoisotopic (exact) mass is 453 g/mol. The van der Waals surface area contributed by atoms with E-state index >= 15 is 0 Å². The van der Waals surface area contributed by atoms with E-state index in [2.05, 4.69) is 33.8 Å². The van der Waals surface area contributed by atoms with Gasteiger partial charge in [0.1, 0.15) is 21.5 Å². The van der Waals surface area contributed by atoms with Gasteiger partial charge in [0, 0.05) is 16.8 Å². The number of nitrogens with one attached hydrogen (secondary N) is 1. The lowest BCUT2D eigenvalue weighted by molar-refractivity contribution is -0.128. The van der Waals surface area contributed by atoms with Crippen LogP contribution < -0.4 is 5.56 Å². The first-order chi connectivity index (χ1) is 14.9. The normalized spacial score (nSPS) is 11.4. The molecule has 0 bridgehead atoms. The smallest absolute Gasteiger partial charge is 0.258 e. The average molecular weight is 454 g/mol. The van der Waals surface area contributed by atoms with Gasteiger partial charge >= 0.3 is 0 Å². The summed E-state index contributed by atoms with van der Waals surface area (Å²) in [6.45, 7) is 8.71. The van der Waals surface area contributed by atoms with Crippen molar-refractivity contribution in [3.63, 3.8) is 0 Å². The Morgan fingerprint density at radius 2 is 1.94 bits per heavy atom. The Hall–Kier alpha value is -2.78. The SMILES string of the molecule is CCN(Cc1nc2ccccc2c(=O)[nH]1)C(=O)CSc1nc(C)nc2sc(C)c(C)c12. The number of thiophene rings is 1. The maximum Gasteiger partial charge on any atom is 0.258 e. The highest BCUT2D eigenvalue weighted by atomic mass is 32.2. The second kappa shape index (κ2) is 8.76. The van der Waals surface area contributed by atoms with Gasteiger partial charge in [-0.25, -0.2) is 15.0 Å². The topological polar surface area (TPSA) is 91.8 Å². The molecule has 1 N–H and O–H groups in total. The van der Waals surface area contributed by atoms with Gasteiger partial charge in [0.2, 0.25) is 5.91 Å². The number of carbonyl (C=O) groups excluding carboxylic acids is 1. The standard InChI is InChI=1S/C22H23N5O2S2/c1-5-27(10-17-25-16-9-7-6-8-15(16)20(29)26-17)18(28)11-30-21-19-12(2)13(3)31-22(19)24-14(4)23-21/h6-9H,5,10-11H2,1-4H3,(H,25,26,29). The number of aryl methyl sites for hydroxylation is 3. The number of nitrogens with zero attached hydrogens (tertiary/aromatic N) is 4. The van der Waals surface area contributed by atoms with Gasteiger partial charge in [-0.2, -0.15) is 0 Å². The van der Waals surface area contributed by atoms with E-state index < -0.39 is 0 Å². The number of rotatable bonds is 6. The highest BCUT2D eigenvalue weighted by Crippen LogP contribution is 2.35. The third-order valence-corrected chi connectivity index (χ3v) is 7.24.